The molecule has 7 nitrogen and oxygen atoms in total. The standard InChI is InChI=1S/C22H21ClN4O3S/c1-30-19-8-7-14(23)12-17(19)21(29)27-10-3-6-18(27)20(28)25-15-4-2-5-16(13-15)26-11-9-24-22(26)31/h2,4-5,7-9,11-13,18H,3,6,10H2,1H3,(H,24,31)(H,25,28)/t18-/m1/s1. The van der Waals surface area contributed by atoms with E-state index in [2.05, 4.69) is 10.3 Å². The molecule has 1 aliphatic heterocycles. The molecule has 0 radical (unpaired) electrons. The van der Waals surface area contributed by atoms with E-state index >= 15 is 0 Å². The number of hydrogen-bond acceptors (Lipinski definition) is 4. The van der Waals surface area contributed by atoms with Gasteiger partial charge in [-0.3, -0.25) is 14.2 Å². The zero-order chi connectivity index (χ0) is 22.0. The van der Waals surface area contributed by atoms with E-state index in [0.29, 0.717) is 39.8 Å². The molecular weight excluding hydrogens is 436 g/mol. The lowest BCUT2D eigenvalue weighted by molar-refractivity contribution is -0.119. The molecule has 0 bridgehead atoms. The van der Waals surface area contributed by atoms with Crippen LogP contribution in [0.4, 0.5) is 5.69 Å². The van der Waals surface area contributed by atoms with Gasteiger partial charge in [0.1, 0.15) is 11.8 Å². The van der Waals surface area contributed by atoms with Crippen molar-refractivity contribution in [3.8, 4) is 11.4 Å². The summed E-state index contributed by atoms with van der Waals surface area (Å²) in [6.45, 7) is 0.491. The molecule has 4 rings (SSSR count). The van der Waals surface area contributed by atoms with Gasteiger partial charge in [0.05, 0.1) is 12.7 Å². The first kappa shape index (κ1) is 21.1. The lowest BCUT2D eigenvalue weighted by Crippen LogP contribution is -2.43. The number of aromatic amines is 1. The van der Waals surface area contributed by atoms with Crippen molar-refractivity contribution in [1.29, 1.82) is 0 Å². The lowest BCUT2D eigenvalue weighted by Gasteiger charge is -2.25. The van der Waals surface area contributed by atoms with Crippen molar-refractivity contribution in [2.24, 2.45) is 0 Å². The highest BCUT2D eigenvalue weighted by Crippen LogP contribution is 2.28. The van der Waals surface area contributed by atoms with Crippen LogP contribution in [0.15, 0.2) is 54.9 Å². The number of benzene rings is 2. The number of anilines is 1. The van der Waals surface area contributed by atoms with E-state index in [1.165, 1.54) is 7.11 Å². The van der Waals surface area contributed by atoms with Gasteiger partial charge in [0.15, 0.2) is 4.77 Å². The third-order valence-electron chi connectivity index (χ3n) is 5.25. The molecule has 0 unspecified atom stereocenters. The Morgan fingerprint density at radius 2 is 2.10 bits per heavy atom. The maximum Gasteiger partial charge on any atom is 0.258 e. The van der Waals surface area contributed by atoms with Crippen LogP contribution >= 0.6 is 23.8 Å². The van der Waals surface area contributed by atoms with E-state index < -0.39 is 6.04 Å². The van der Waals surface area contributed by atoms with E-state index in [9.17, 15) is 9.59 Å². The molecule has 2 heterocycles. The number of ether oxygens (including phenoxy) is 1. The van der Waals surface area contributed by atoms with E-state index in [-0.39, 0.29) is 11.8 Å². The number of likely N-dealkylation sites (tertiary alicyclic amines) is 1. The third-order valence-corrected chi connectivity index (χ3v) is 5.80. The second-order valence-electron chi connectivity index (χ2n) is 7.18. The van der Waals surface area contributed by atoms with Crippen LogP contribution in [0.2, 0.25) is 5.02 Å². The van der Waals surface area contributed by atoms with E-state index in [4.69, 9.17) is 28.6 Å². The first-order chi connectivity index (χ1) is 15.0. The van der Waals surface area contributed by atoms with Crippen molar-refractivity contribution in [2.45, 2.75) is 18.9 Å². The van der Waals surface area contributed by atoms with Gasteiger partial charge in [0.25, 0.3) is 5.91 Å². The molecule has 1 saturated heterocycles. The Balaban J connectivity index is 1.54. The van der Waals surface area contributed by atoms with Crippen molar-refractivity contribution < 1.29 is 14.3 Å². The number of H-pyrrole nitrogens is 1. The Hall–Kier alpha value is -3.10. The number of hydrogen-bond donors (Lipinski definition) is 2. The molecule has 2 N–H and O–H groups in total. The number of carbonyl (C=O) groups is 2. The Morgan fingerprint density at radius 3 is 2.84 bits per heavy atom. The van der Waals surface area contributed by atoms with Crippen LogP contribution in [0.5, 0.6) is 5.75 Å². The third kappa shape index (κ3) is 4.35. The predicted molar refractivity (Wildman–Crippen MR) is 122 cm³/mol. The van der Waals surface area contributed by atoms with Gasteiger partial charge < -0.3 is 19.9 Å². The highest BCUT2D eigenvalue weighted by atomic mass is 35.5. The first-order valence-corrected chi connectivity index (χ1v) is 10.6. The van der Waals surface area contributed by atoms with Crippen molar-refractivity contribution in [2.75, 3.05) is 19.0 Å². The zero-order valence-electron chi connectivity index (χ0n) is 16.8. The van der Waals surface area contributed by atoms with Crippen LogP contribution in [-0.2, 0) is 4.79 Å². The first-order valence-electron chi connectivity index (χ1n) is 9.80. The van der Waals surface area contributed by atoms with Gasteiger partial charge in [-0.15, -0.1) is 0 Å². The van der Waals surface area contributed by atoms with Gasteiger partial charge in [-0.1, -0.05) is 17.7 Å². The summed E-state index contributed by atoms with van der Waals surface area (Å²) in [5.74, 6) is -0.0811. The van der Waals surface area contributed by atoms with Crippen LogP contribution in [-0.4, -0.2) is 46.0 Å². The molecule has 160 valence electrons. The summed E-state index contributed by atoms with van der Waals surface area (Å²) in [5.41, 5.74) is 1.80. The van der Waals surface area contributed by atoms with Gasteiger partial charge in [-0.2, -0.15) is 0 Å². The second-order valence-corrected chi connectivity index (χ2v) is 8.00. The van der Waals surface area contributed by atoms with Crippen molar-refractivity contribution in [1.82, 2.24) is 14.5 Å². The Labute approximate surface area is 189 Å². The Kier molecular flexibility index (Phi) is 6.11. The topological polar surface area (TPSA) is 79.4 Å². The predicted octanol–water partition coefficient (Wildman–Crippen LogP) is 4.44. The zero-order valence-corrected chi connectivity index (χ0v) is 18.4. The summed E-state index contributed by atoms with van der Waals surface area (Å²) in [4.78, 5) is 30.8. The summed E-state index contributed by atoms with van der Waals surface area (Å²) in [6, 6.07) is 11.7. The fourth-order valence-corrected chi connectivity index (χ4v) is 4.17. The summed E-state index contributed by atoms with van der Waals surface area (Å²) >= 11 is 11.3. The monoisotopic (exact) mass is 456 g/mol. The average molecular weight is 457 g/mol. The van der Waals surface area contributed by atoms with Crippen molar-refractivity contribution >= 4 is 41.3 Å². The molecule has 0 aliphatic carbocycles. The molecule has 1 aliphatic rings. The minimum Gasteiger partial charge on any atom is -0.496 e. The number of amides is 2. The maximum atomic E-state index is 13.2. The number of nitrogens with one attached hydrogen (secondary N) is 2. The van der Waals surface area contributed by atoms with Crippen molar-refractivity contribution in [3.63, 3.8) is 0 Å². The minimum absolute atomic E-state index is 0.235. The Bertz CT molecular complexity index is 1190. The smallest absolute Gasteiger partial charge is 0.258 e. The van der Waals surface area contributed by atoms with E-state index in [1.807, 2.05) is 29.0 Å². The number of aromatic nitrogens is 2. The number of rotatable bonds is 5. The van der Waals surface area contributed by atoms with Gasteiger partial charge in [0.2, 0.25) is 5.91 Å². The number of nitrogens with zero attached hydrogens (tertiary/aromatic N) is 2. The molecule has 9 heteroatoms. The molecule has 2 aromatic carbocycles. The highest BCUT2D eigenvalue weighted by molar-refractivity contribution is 7.71. The molecule has 1 atom stereocenters. The van der Waals surface area contributed by atoms with Gasteiger partial charge in [-0.25, -0.2) is 0 Å². The molecule has 31 heavy (non-hydrogen) atoms. The van der Waals surface area contributed by atoms with Crippen molar-refractivity contribution in [3.05, 3.63) is 70.2 Å². The van der Waals surface area contributed by atoms with Gasteiger partial charge in [-0.05, 0) is 61.5 Å². The molecular formula is C22H21ClN4O3S. The van der Waals surface area contributed by atoms with Gasteiger partial charge in [0, 0.05) is 35.3 Å². The fourth-order valence-electron chi connectivity index (χ4n) is 3.77. The fraction of sp³-hybridized carbons (Fsp3) is 0.227. The molecule has 0 saturated carbocycles. The lowest BCUT2D eigenvalue weighted by atomic mass is 10.1. The SMILES string of the molecule is COc1ccc(Cl)cc1C(=O)N1CCC[C@@H]1C(=O)Nc1cccc(-n2cc[nH]c2=S)c1. The molecule has 2 amide bonds. The average Bonchev–Trinajstić information content (AvgIpc) is 3.42. The van der Waals surface area contributed by atoms with Crippen LogP contribution in [0.25, 0.3) is 5.69 Å². The van der Waals surface area contributed by atoms with Crippen LogP contribution in [0.1, 0.15) is 23.2 Å². The second kappa shape index (κ2) is 8.95. The molecule has 3 aromatic rings. The number of imidazole rings is 1. The normalized spacial score (nSPS) is 15.7. The summed E-state index contributed by atoms with van der Waals surface area (Å²) in [7, 11) is 1.50. The molecule has 1 aromatic heterocycles. The summed E-state index contributed by atoms with van der Waals surface area (Å²) in [6.07, 6.45) is 4.90. The number of methoxy groups -OCH3 is 1. The van der Waals surface area contributed by atoms with Crippen LogP contribution in [0, 0.1) is 4.77 Å². The summed E-state index contributed by atoms with van der Waals surface area (Å²) in [5, 5.41) is 3.37. The van der Waals surface area contributed by atoms with Crippen LogP contribution in [0.3, 0.4) is 0 Å². The molecule has 0 spiro atoms. The summed E-state index contributed by atoms with van der Waals surface area (Å²) < 4.78 is 7.68. The number of carbonyl (C=O) groups excluding carboxylic acids is 2. The van der Waals surface area contributed by atoms with E-state index in [0.717, 1.165) is 12.1 Å². The maximum absolute atomic E-state index is 13.2. The van der Waals surface area contributed by atoms with E-state index in [1.54, 1.807) is 35.4 Å². The quantitative estimate of drug-likeness (QED) is 0.556. The Morgan fingerprint density at radius 1 is 1.26 bits per heavy atom. The van der Waals surface area contributed by atoms with Crippen LogP contribution < -0.4 is 10.1 Å². The van der Waals surface area contributed by atoms with Gasteiger partial charge >= 0.3 is 0 Å². The highest BCUT2D eigenvalue weighted by Gasteiger charge is 2.35. The number of halogens is 1. The largest absolute Gasteiger partial charge is 0.496 e. The molecule has 1 fully saturated rings. The minimum atomic E-state index is -0.575.